The van der Waals surface area contributed by atoms with Gasteiger partial charge in [0, 0.05) is 19.4 Å². The van der Waals surface area contributed by atoms with E-state index >= 15 is 0 Å². The number of carbonyl (C=O) groups excluding carboxylic acids is 1. The average Bonchev–Trinajstić information content (AvgIpc) is 2.48. The molecule has 2 N–H and O–H groups in total. The highest BCUT2D eigenvalue weighted by atomic mass is 16.4. The second kappa shape index (κ2) is 10.9. The second-order valence-corrected chi connectivity index (χ2v) is 5.25. The van der Waals surface area contributed by atoms with Crippen molar-refractivity contribution in [1.82, 2.24) is 5.32 Å². The van der Waals surface area contributed by atoms with E-state index in [0.717, 1.165) is 32.1 Å². The normalized spacial score (nSPS) is 10.3. The topological polar surface area (TPSA) is 66.4 Å². The molecule has 0 spiro atoms. The van der Waals surface area contributed by atoms with Gasteiger partial charge < -0.3 is 10.4 Å². The van der Waals surface area contributed by atoms with Crippen LogP contribution in [0.1, 0.15) is 50.5 Å². The van der Waals surface area contributed by atoms with Crippen molar-refractivity contribution in [2.45, 2.75) is 51.4 Å². The molecule has 0 fully saturated rings. The van der Waals surface area contributed by atoms with Crippen LogP contribution < -0.4 is 5.32 Å². The van der Waals surface area contributed by atoms with Crippen molar-refractivity contribution >= 4 is 11.9 Å². The second-order valence-electron chi connectivity index (χ2n) is 5.25. The van der Waals surface area contributed by atoms with Crippen LogP contribution >= 0.6 is 0 Å². The van der Waals surface area contributed by atoms with Gasteiger partial charge in [-0.05, 0) is 31.2 Å². The number of carboxylic acids is 1. The standard InChI is InChI=1S/C17H25NO3/c19-16(12-6-1-2-7-13-17(20)21)18-14-8-11-15-9-4-3-5-10-15/h3-5,9-10H,1-2,6-8,11-14H2,(H,18,19)(H,20,21). The Balaban J connectivity index is 1.93. The fraction of sp³-hybridized carbons (Fsp3) is 0.529. The molecule has 0 aliphatic carbocycles. The lowest BCUT2D eigenvalue weighted by molar-refractivity contribution is -0.137. The summed E-state index contributed by atoms with van der Waals surface area (Å²) in [7, 11) is 0. The Labute approximate surface area is 126 Å². The zero-order valence-corrected chi connectivity index (χ0v) is 12.5. The molecule has 116 valence electrons. The zero-order valence-electron chi connectivity index (χ0n) is 12.5. The monoisotopic (exact) mass is 291 g/mol. The van der Waals surface area contributed by atoms with E-state index in [-0.39, 0.29) is 12.3 Å². The summed E-state index contributed by atoms with van der Waals surface area (Å²) in [5.41, 5.74) is 1.30. The van der Waals surface area contributed by atoms with Crippen molar-refractivity contribution in [2.75, 3.05) is 6.54 Å². The summed E-state index contributed by atoms with van der Waals surface area (Å²) < 4.78 is 0. The van der Waals surface area contributed by atoms with Gasteiger partial charge in [-0.2, -0.15) is 0 Å². The van der Waals surface area contributed by atoms with Gasteiger partial charge in [0.05, 0.1) is 0 Å². The Bertz CT molecular complexity index is 417. The van der Waals surface area contributed by atoms with Crippen molar-refractivity contribution in [3.05, 3.63) is 35.9 Å². The third kappa shape index (κ3) is 9.66. The highest BCUT2D eigenvalue weighted by Gasteiger charge is 2.01. The molecule has 0 aliphatic rings. The molecule has 0 bridgehead atoms. The van der Waals surface area contributed by atoms with E-state index in [4.69, 9.17) is 5.11 Å². The van der Waals surface area contributed by atoms with E-state index < -0.39 is 5.97 Å². The molecule has 21 heavy (non-hydrogen) atoms. The first-order valence-corrected chi connectivity index (χ1v) is 7.71. The van der Waals surface area contributed by atoms with E-state index in [1.807, 2.05) is 18.2 Å². The molecule has 0 aromatic heterocycles. The summed E-state index contributed by atoms with van der Waals surface area (Å²) in [4.78, 5) is 21.9. The summed E-state index contributed by atoms with van der Waals surface area (Å²) in [6.45, 7) is 0.715. The molecule has 0 heterocycles. The number of amides is 1. The smallest absolute Gasteiger partial charge is 0.303 e. The van der Waals surface area contributed by atoms with Gasteiger partial charge in [0.1, 0.15) is 0 Å². The molecule has 0 aliphatic heterocycles. The van der Waals surface area contributed by atoms with Gasteiger partial charge in [0.15, 0.2) is 0 Å². The number of nitrogens with one attached hydrogen (secondary N) is 1. The molecule has 1 aromatic carbocycles. The number of unbranched alkanes of at least 4 members (excludes halogenated alkanes) is 3. The highest BCUT2D eigenvalue weighted by molar-refractivity contribution is 5.75. The van der Waals surface area contributed by atoms with Gasteiger partial charge in [-0.15, -0.1) is 0 Å². The molecule has 0 unspecified atom stereocenters. The number of carboxylic acid groups (broad SMARTS) is 1. The Morgan fingerprint density at radius 2 is 1.57 bits per heavy atom. The summed E-state index contributed by atoms with van der Waals surface area (Å²) in [6.07, 6.45) is 6.05. The number of hydrogen-bond acceptors (Lipinski definition) is 2. The van der Waals surface area contributed by atoms with Crippen LogP contribution in [0.4, 0.5) is 0 Å². The molecular formula is C17H25NO3. The third-order valence-corrected chi connectivity index (χ3v) is 3.35. The predicted octanol–water partition coefficient (Wildman–Crippen LogP) is 3.16. The quantitative estimate of drug-likeness (QED) is 0.615. The Kier molecular flexibility index (Phi) is 8.93. The number of hydrogen-bond donors (Lipinski definition) is 2. The number of carbonyl (C=O) groups is 2. The lowest BCUT2D eigenvalue weighted by Crippen LogP contribution is -2.24. The Hall–Kier alpha value is -1.84. The van der Waals surface area contributed by atoms with Crippen LogP contribution in [0, 0.1) is 0 Å². The van der Waals surface area contributed by atoms with Crippen molar-refractivity contribution < 1.29 is 14.7 Å². The molecule has 1 rings (SSSR count). The number of rotatable bonds is 11. The zero-order chi connectivity index (χ0) is 15.3. The van der Waals surface area contributed by atoms with Crippen LogP contribution in [0.5, 0.6) is 0 Å². The van der Waals surface area contributed by atoms with Crippen LogP contribution in [0.3, 0.4) is 0 Å². The molecular weight excluding hydrogens is 266 g/mol. The summed E-state index contributed by atoms with van der Waals surface area (Å²) >= 11 is 0. The molecule has 0 saturated carbocycles. The van der Waals surface area contributed by atoms with Crippen LogP contribution in [-0.4, -0.2) is 23.5 Å². The van der Waals surface area contributed by atoms with Gasteiger partial charge in [0.25, 0.3) is 0 Å². The van der Waals surface area contributed by atoms with Crippen molar-refractivity contribution in [1.29, 1.82) is 0 Å². The van der Waals surface area contributed by atoms with Crippen LogP contribution in [0.2, 0.25) is 0 Å². The largest absolute Gasteiger partial charge is 0.481 e. The molecule has 0 radical (unpaired) electrons. The van der Waals surface area contributed by atoms with Crippen LogP contribution in [0.25, 0.3) is 0 Å². The first-order valence-electron chi connectivity index (χ1n) is 7.71. The minimum Gasteiger partial charge on any atom is -0.481 e. The maximum atomic E-state index is 11.6. The van der Waals surface area contributed by atoms with E-state index in [1.165, 1.54) is 5.56 Å². The third-order valence-electron chi connectivity index (χ3n) is 3.35. The lowest BCUT2D eigenvalue weighted by Gasteiger charge is -2.05. The summed E-state index contributed by atoms with van der Waals surface area (Å²) in [5, 5.41) is 11.4. The van der Waals surface area contributed by atoms with Crippen molar-refractivity contribution in [2.24, 2.45) is 0 Å². The van der Waals surface area contributed by atoms with Crippen LogP contribution in [0.15, 0.2) is 30.3 Å². The minimum atomic E-state index is -0.744. The van der Waals surface area contributed by atoms with E-state index in [9.17, 15) is 9.59 Å². The average molecular weight is 291 g/mol. The fourth-order valence-corrected chi connectivity index (χ4v) is 2.17. The minimum absolute atomic E-state index is 0.0984. The van der Waals surface area contributed by atoms with Crippen molar-refractivity contribution in [3.63, 3.8) is 0 Å². The molecule has 4 nitrogen and oxygen atoms in total. The molecule has 0 saturated heterocycles. The highest BCUT2D eigenvalue weighted by Crippen LogP contribution is 2.05. The Morgan fingerprint density at radius 1 is 0.905 bits per heavy atom. The summed E-state index contributed by atoms with van der Waals surface area (Å²) in [5.74, 6) is -0.646. The number of aliphatic carboxylic acids is 1. The maximum Gasteiger partial charge on any atom is 0.303 e. The molecule has 4 heteroatoms. The summed E-state index contributed by atoms with van der Waals surface area (Å²) in [6, 6.07) is 10.2. The first kappa shape index (κ1) is 17.2. The molecule has 1 aromatic rings. The van der Waals surface area contributed by atoms with Gasteiger partial charge in [-0.3, -0.25) is 9.59 Å². The van der Waals surface area contributed by atoms with Gasteiger partial charge >= 0.3 is 5.97 Å². The number of benzene rings is 1. The first-order chi connectivity index (χ1) is 10.2. The van der Waals surface area contributed by atoms with Crippen molar-refractivity contribution in [3.8, 4) is 0 Å². The SMILES string of the molecule is O=C(O)CCCCCCC(=O)NCCCc1ccccc1. The predicted molar refractivity (Wildman–Crippen MR) is 83.1 cm³/mol. The van der Waals surface area contributed by atoms with Gasteiger partial charge in [-0.1, -0.05) is 43.2 Å². The fourth-order valence-electron chi connectivity index (χ4n) is 2.17. The van der Waals surface area contributed by atoms with E-state index in [0.29, 0.717) is 19.4 Å². The molecule has 1 amide bonds. The maximum absolute atomic E-state index is 11.6. The number of aryl methyl sites for hydroxylation is 1. The van der Waals surface area contributed by atoms with Gasteiger partial charge in [0.2, 0.25) is 5.91 Å². The van der Waals surface area contributed by atoms with Crippen LogP contribution in [-0.2, 0) is 16.0 Å². The Morgan fingerprint density at radius 3 is 2.24 bits per heavy atom. The van der Waals surface area contributed by atoms with Gasteiger partial charge in [-0.25, -0.2) is 0 Å². The van der Waals surface area contributed by atoms with E-state index in [2.05, 4.69) is 17.4 Å². The molecule has 0 atom stereocenters. The lowest BCUT2D eigenvalue weighted by atomic mass is 10.1. The van der Waals surface area contributed by atoms with E-state index in [1.54, 1.807) is 0 Å².